The predicted molar refractivity (Wildman–Crippen MR) is 108 cm³/mol. The molecule has 6 heteroatoms. The molecule has 3 rings (SSSR count). The number of carbonyl (C=O) groups is 2. The van der Waals surface area contributed by atoms with Crippen LogP contribution in [0.5, 0.6) is 0 Å². The van der Waals surface area contributed by atoms with Crippen molar-refractivity contribution in [3.8, 4) is 0 Å². The molecule has 1 aliphatic rings. The lowest BCUT2D eigenvalue weighted by Gasteiger charge is -2.36. The lowest BCUT2D eigenvalue weighted by Crippen LogP contribution is -2.49. The van der Waals surface area contributed by atoms with Crippen molar-refractivity contribution in [2.45, 2.75) is 45.7 Å². The molecule has 0 aliphatic carbocycles. The normalized spacial score (nSPS) is 17.2. The highest BCUT2D eigenvalue weighted by Gasteiger charge is 2.33. The van der Waals surface area contributed by atoms with Gasteiger partial charge in [0.2, 0.25) is 11.8 Å². The zero-order valence-electron chi connectivity index (χ0n) is 17.0. The van der Waals surface area contributed by atoms with Crippen LogP contribution in [-0.2, 0) is 29.6 Å². The number of nitrogens with zero attached hydrogens (tertiary/aromatic N) is 4. The Morgan fingerprint density at radius 2 is 2.04 bits per heavy atom. The lowest BCUT2D eigenvalue weighted by atomic mass is 9.95. The molecule has 0 N–H and O–H groups in total. The van der Waals surface area contributed by atoms with E-state index in [0.717, 1.165) is 12.2 Å². The fourth-order valence-electron chi connectivity index (χ4n) is 3.69. The lowest BCUT2D eigenvalue weighted by molar-refractivity contribution is -0.144. The summed E-state index contributed by atoms with van der Waals surface area (Å²) in [6, 6.07) is 10.2. The SMILES string of the molecule is CC(C)N(Cc1nccn1C)C(=O)[C@@H]1CCC(=O)N(CCc2ccccc2)C1. The Kier molecular flexibility index (Phi) is 6.49. The molecule has 0 saturated carbocycles. The number of carbonyl (C=O) groups excluding carboxylic acids is 2. The number of hydrogen-bond donors (Lipinski definition) is 0. The summed E-state index contributed by atoms with van der Waals surface area (Å²) in [5, 5.41) is 0. The van der Waals surface area contributed by atoms with Crippen LogP contribution in [0.2, 0.25) is 0 Å². The van der Waals surface area contributed by atoms with Crippen LogP contribution in [-0.4, -0.2) is 50.3 Å². The quantitative estimate of drug-likeness (QED) is 0.740. The Labute approximate surface area is 167 Å². The van der Waals surface area contributed by atoms with Crippen LogP contribution in [0, 0.1) is 5.92 Å². The summed E-state index contributed by atoms with van der Waals surface area (Å²) in [7, 11) is 1.94. The van der Waals surface area contributed by atoms with E-state index in [9.17, 15) is 9.59 Å². The van der Waals surface area contributed by atoms with Crippen LogP contribution in [0.25, 0.3) is 0 Å². The highest BCUT2D eigenvalue weighted by atomic mass is 16.2. The summed E-state index contributed by atoms with van der Waals surface area (Å²) in [4.78, 5) is 33.7. The molecule has 1 aromatic carbocycles. The monoisotopic (exact) mass is 382 g/mol. The summed E-state index contributed by atoms with van der Waals surface area (Å²) >= 11 is 0. The Balaban J connectivity index is 1.64. The number of rotatable bonds is 7. The fourth-order valence-corrected chi connectivity index (χ4v) is 3.69. The number of hydrogen-bond acceptors (Lipinski definition) is 3. The van der Waals surface area contributed by atoms with Crippen molar-refractivity contribution in [1.82, 2.24) is 19.4 Å². The second-order valence-electron chi connectivity index (χ2n) is 7.83. The molecule has 1 fully saturated rings. The first-order chi connectivity index (χ1) is 13.5. The van der Waals surface area contributed by atoms with E-state index in [1.165, 1.54) is 5.56 Å². The Morgan fingerprint density at radius 3 is 2.68 bits per heavy atom. The average molecular weight is 383 g/mol. The maximum absolute atomic E-state index is 13.3. The third kappa shape index (κ3) is 4.80. The van der Waals surface area contributed by atoms with E-state index < -0.39 is 0 Å². The van der Waals surface area contributed by atoms with Gasteiger partial charge < -0.3 is 14.4 Å². The Morgan fingerprint density at radius 1 is 1.29 bits per heavy atom. The number of piperidine rings is 1. The van der Waals surface area contributed by atoms with Crippen molar-refractivity contribution in [1.29, 1.82) is 0 Å². The highest BCUT2D eigenvalue weighted by molar-refractivity contribution is 5.84. The molecule has 0 unspecified atom stereocenters. The van der Waals surface area contributed by atoms with Crippen LogP contribution in [0.3, 0.4) is 0 Å². The molecule has 2 amide bonds. The van der Waals surface area contributed by atoms with Gasteiger partial charge in [0, 0.05) is 45.0 Å². The second kappa shape index (κ2) is 9.04. The average Bonchev–Trinajstić information content (AvgIpc) is 3.10. The minimum atomic E-state index is -0.142. The fraction of sp³-hybridized carbons (Fsp3) is 0.500. The zero-order chi connectivity index (χ0) is 20.1. The number of imidazole rings is 1. The van der Waals surface area contributed by atoms with Gasteiger partial charge in [-0.2, -0.15) is 0 Å². The molecule has 2 heterocycles. The summed E-state index contributed by atoms with van der Waals surface area (Å²) in [6.45, 7) is 5.72. The first-order valence-corrected chi connectivity index (χ1v) is 10.0. The van der Waals surface area contributed by atoms with E-state index in [4.69, 9.17) is 0 Å². The number of likely N-dealkylation sites (tertiary alicyclic amines) is 1. The smallest absolute Gasteiger partial charge is 0.228 e. The molecule has 6 nitrogen and oxygen atoms in total. The van der Waals surface area contributed by atoms with Gasteiger partial charge in [-0.25, -0.2) is 4.98 Å². The van der Waals surface area contributed by atoms with Gasteiger partial charge in [0.25, 0.3) is 0 Å². The van der Waals surface area contributed by atoms with Gasteiger partial charge in [-0.15, -0.1) is 0 Å². The van der Waals surface area contributed by atoms with Gasteiger partial charge in [0.1, 0.15) is 5.82 Å². The number of benzene rings is 1. The minimum absolute atomic E-state index is 0.0830. The van der Waals surface area contributed by atoms with Gasteiger partial charge in [-0.3, -0.25) is 9.59 Å². The molecule has 1 saturated heterocycles. The maximum Gasteiger partial charge on any atom is 0.228 e. The number of amides is 2. The van der Waals surface area contributed by atoms with Crippen molar-refractivity contribution < 1.29 is 9.59 Å². The van der Waals surface area contributed by atoms with Crippen LogP contribution >= 0.6 is 0 Å². The van der Waals surface area contributed by atoms with Gasteiger partial charge in [-0.1, -0.05) is 30.3 Å². The van der Waals surface area contributed by atoms with Crippen molar-refractivity contribution in [2.75, 3.05) is 13.1 Å². The largest absolute Gasteiger partial charge is 0.342 e. The Hall–Kier alpha value is -2.63. The molecule has 1 aliphatic heterocycles. The molecule has 150 valence electrons. The molecule has 0 spiro atoms. The minimum Gasteiger partial charge on any atom is -0.342 e. The third-order valence-electron chi connectivity index (χ3n) is 5.50. The van der Waals surface area contributed by atoms with E-state index in [-0.39, 0.29) is 23.8 Å². The van der Waals surface area contributed by atoms with E-state index in [1.807, 2.05) is 59.7 Å². The summed E-state index contributed by atoms with van der Waals surface area (Å²) < 4.78 is 1.94. The van der Waals surface area contributed by atoms with Crippen molar-refractivity contribution in [3.05, 3.63) is 54.1 Å². The molecule has 1 aromatic heterocycles. The van der Waals surface area contributed by atoms with Gasteiger partial charge >= 0.3 is 0 Å². The molecule has 0 bridgehead atoms. The van der Waals surface area contributed by atoms with Gasteiger partial charge in [-0.05, 0) is 32.3 Å². The van der Waals surface area contributed by atoms with Crippen LogP contribution < -0.4 is 0 Å². The molecule has 28 heavy (non-hydrogen) atoms. The number of aromatic nitrogens is 2. The third-order valence-corrected chi connectivity index (χ3v) is 5.50. The highest BCUT2D eigenvalue weighted by Crippen LogP contribution is 2.22. The summed E-state index contributed by atoms with van der Waals surface area (Å²) in [6.07, 6.45) is 5.53. The zero-order valence-corrected chi connectivity index (χ0v) is 17.0. The Bertz CT molecular complexity index is 800. The van der Waals surface area contributed by atoms with Crippen molar-refractivity contribution in [2.24, 2.45) is 13.0 Å². The van der Waals surface area contributed by atoms with Gasteiger partial charge in [0.05, 0.1) is 12.5 Å². The molecule has 1 atom stereocenters. The second-order valence-corrected chi connectivity index (χ2v) is 7.83. The maximum atomic E-state index is 13.3. The first kappa shape index (κ1) is 20.1. The van der Waals surface area contributed by atoms with E-state index in [0.29, 0.717) is 32.5 Å². The summed E-state index contributed by atoms with van der Waals surface area (Å²) in [5.41, 5.74) is 1.21. The van der Waals surface area contributed by atoms with Crippen LogP contribution in [0.1, 0.15) is 38.1 Å². The number of aryl methyl sites for hydroxylation is 1. The van der Waals surface area contributed by atoms with Crippen molar-refractivity contribution >= 4 is 11.8 Å². The van der Waals surface area contributed by atoms with Crippen LogP contribution in [0.4, 0.5) is 0 Å². The standard InChI is InChI=1S/C22H30N4O2/c1-17(2)26(16-20-23-12-14-24(20)3)22(28)19-9-10-21(27)25(15-19)13-11-18-7-5-4-6-8-18/h4-8,12,14,17,19H,9-11,13,15-16H2,1-3H3/t19-/m1/s1. The molecule has 0 radical (unpaired) electrons. The van der Waals surface area contributed by atoms with Gasteiger partial charge in [0.15, 0.2) is 0 Å². The van der Waals surface area contributed by atoms with E-state index in [1.54, 1.807) is 6.20 Å². The first-order valence-electron chi connectivity index (χ1n) is 10.0. The predicted octanol–water partition coefficient (Wildman–Crippen LogP) is 2.64. The van der Waals surface area contributed by atoms with Crippen molar-refractivity contribution in [3.63, 3.8) is 0 Å². The molecular weight excluding hydrogens is 352 g/mol. The molecular formula is C22H30N4O2. The van der Waals surface area contributed by atoms with E-state index >= 15 is 0 Å². The summed E-state index contributed by atoms with van der Waals surface area (Å²) in [5.74, 6) is 1.00. The molecule has 2 aromatic rings. The van der Waals surface area contributed by atoms with E-state index in [2.05, 4.69) is 17.1 Å². The van der Waals surface area contributed by atoms with Crippen LogP contribution in [0.15, 0.2) is 42.7 Å². The topological polar surface area (TPSA) is 58.4 Å².